The molecule has 1 aromatic carbocycles. The summed E-state index contributed by atoms with van der Waals surface area (Å²) in [5, 5.41) is 22.0. The maximum Gasteiger partial charge on any atom is 0.328 e. The number of aliphatic carboxylic acids is 1. The number of aromatic nitrogens is 1. The highest BCUT2D eigenvalue weighted by Gasteiger charge is 2.51. The second-order valence-corrected chi connectivity index (χ2v) is 11.8. The molecule has 0 unspecified atom stereocenters. The van der Waals surface area contributed by atoms with Gasteiger partial charge in [0.05, 0.1) is 57.8 Å². The molecule has 1 saturated heterocycles. The normalized spacial score (nSPS) is 21.2. The number of para-hydroxylation sites is 1. The van der Waals surface area contributed by atoms with Gasteiger partial charge in [0, 0.05) is 29.5 Å². The number of benzene rings is 1. The fourth-order valence-corrected chi connectivity index (χ4v) is 7.10. The van der Waals surface area contributed by atoms with Crippen LogP contribution in [0.4, 0.5) is 0 Å². The molecule has 45 heavy (non-hydrogen) atoms. The lowest BCUT2D eigenvalue weighted by molar-refractivity contribution is -0.149. The van der Waals surface area contributed by atoms with E-state index in [9.17, 15) is 19.5 Å². The van der Waals surface area contributed by atoms with E-state index in [1.54, 1.807) is 0 Å². The Hall–Kier alpha value is -3.29. The van der Waals surface area contributed by atoms with Gasteiger partial charge in [-0.1, -0.05) is 25.1 Å². The molecule has 12 nitrogen and oxygen atoms in total. The Morgan fingerprint density at radius 1 is 1.02 bits per heavy atom. The lowest BCUT2D eigenvalue weighted by atomic mass is 9.66. The number of carboxylic acids is 1. The summed E-state index contributed by atoms with van der Waals surface area (Å²) in [7, 11) is 0. The summed E-state index contributed by atoms with van der Waals surface area (Å²) in [6.45, 7) is 5.87. The number of rotatable bonds is 18. The number of piperidine rings is 1. The Bertz CT molecular complexity index is 1390. The minimum absolute atomic E-state index is 0.0363. The number of hydrogen-bond donors (Lipinski definition) is 3. The first kappa shape index (κ1) is 33.1. The van der Waals surface area contributed by atoms with E-state index < -0.39 is 23.9 Å². The first-order chi connectivity index (χ1) is 21.9. The SMILES string of the molecule is CC[C@@]12C=C(C(=O)N[C@@H](CCC(=O)O)C(=O)OCCOCCOCCOCCO)n3c4c(c5ccccc53)CCN(CCC1)[C@H]42. The Balaban J connectivity index is 1.27. The number of ether oxygens (including phenoxy) is 4. The van der Waals surface area contributed by atoms with Crippen LogP contribution in [0.1, 0.15) is 56.3 Å². The highest BCUT2D eigenvalue weighted by atomic mass is 16.6. The molecule has 1 aromatic heterocycles. The third-order valence-electron chi connectivity index (χ3n) is 9.17. The number of nitrogens with zero attached hydrogens (tertiary/aromatic N) is 2. The molecule has 3 aliphatic rings. The summed E-state index contributed by atoms with van der Waals surface area (Å²) in [4.78, 5) is 41.2. The van der Waals surface area contributed by atoms with Crippen LogP contribution in [-0.4, -0.2) is 110 Å². The summed E-state index contributed by atoms with van der Waals surface area (Å²) in [5.41, 5.74) is 3.68. The van der Waals surface area contributed by atoms with Crippen molar-refractivity contribution in [3.63, 3.8) is 0 Å². The molecule has 2 aromatic rings. The zero-order valence-corrected chi connectivity index (χ0v) is 26.0. The molecule has 1 amide bonds. The van der Waals surface area contributed by atoms with Gasteiger partial charge in [-0.2, -0.15) is 0 Å². The summed E-state index contributed by atoms with van der Waals surface area (Å²) >= 11 is 0. The Kier molecular flexibility index (Phi) is 11.3. The van der Waals surface area contributed by atoms with E-state index in [0.717, 1.165) is 49.7 Å². The average molecular weight is 628 g/mol. The minimum Gasteiger partial charge on any atom is -0.481 e. The molecular weight excluding hydrogens is 582 g/mol. The van der Waals surface area contributed by atoms with Gasteiger partial charge in [0.2, 0.25) is 0 Å². The molecular formula is C33H45N3O9. The van der Waals surface area contributed by atoms with E-state index in [1.807, 2.05) is 18.2 Å². The summed E-state index contributed by atoms with van der Waals surface area (Å²) in [6, 6.07) is 7.20. The monoisotopic (exact) mass is 627 g/mol. The van der Waals surface area contributed by atoms with Crippen LogP contribution in [0.15, 0.2) is 30.3 Å². The third kappa shape index (κ3) is 7.25. The van der Waals surface area contributed by atoms with Crippen LogP contribution >= 0.6 is 0 Å². The first-order valence-electron chi connectivity index (χ1n) is 16.0. The second kappa shape index (κ2) is 15.3. The standard InChI is InChI=1S/C33H45N3O9/c1-2-33-11-5-12-35-13-10-24-23-6-3-4-7-26(23)36(29(24)30(33)35)27(22-33)31(40)34-25(8-9-28(38)39)32(41)45-21-20-44-19-18-43-17-16-42-15-14-37/h3-4,6-7,22,25,30,37H,2,5,8-21H2,1H3,(H,34,40)(H,38,39)/t25-,30+,33-/m0/s1. The topological polar surface area (TPSA) is 149 Å². The predicted octanol–water partition coefficient (Wildman–Crippen LogP) is 2.52. The van der Waals surface area contributed by atoms with Crippen molar-refractivity contribution in [3.8, 4) is 0 Å². The molecule has 0 saturated carbocycles. The number of carbonyl (C=O) groups excluding carboxylic acids is 2. The van der Waals surface area contributed by atoms with E-state index >= 15 is 0 Å². The highest BCUT2D eigenvalue weighted by molar-refractivity contribution is 6.17. The van der Waals surface area contributed by atoms with Crippen LogP contribution in [0.2, 0.25) is 0 Å². The predicted molar refractivity (Wildman–Crippen MR) is 165 cm³/mol. The van der Waals surface area contributed by atoms with E-state index in [-0.39, 0.29) is 57.3 Å². The Morgan fingerprint density at radius 3 is 2.44 bits per heavy atom. The maximum absolute atomic E-state index is 14.1. The number of carboxylic acid groups (broad SMARTS) is 1. The number of nitrogens with one attached hydrogen (secondary N) is 1. The quantitative estimate of drug-likeness (QED) is 0.166. The molecule has 0 spiro atoms. The molecule has 0 aliphatic carbocycles. The molecule has 246 valence electrons. The number of aliphatic hydroxyl groups is 1. The molecule has 12 heteroatoms. The fourth-order valence-electron chi connectivity index (χ4n) is 7.10. The molecule has 0 bridgehead atoms. The van der Waals surface area contributed by atoms with Crippen molar-refractivity contribution in [1.29, 1.82) is 0 Å². The van der Waals surface area contributed by atoms with Gasteiger partial charge < -0.3 is 39.0 Å². The van der Waals surface area contributed by atoms with Crippen molar-refractivity contribution < 1.29 is 43.5 Å². The number of fused-ring (bicyclic) bond motifs is 3. The van der Waals surface area contributed by atoms with Gasteiger partial charge in [0.1, 0.15) is 18.3 Å². The lowest BCUT2D eigenvalue weighted by Crippen LogP contribution is -2.52. The van der Waals surface area contributed by atoms with E-state index in [1.165, 1.54) is 11.3 Å². The zero-order chi connectivity index (χ0) is 31.8. The van der Waals surface area contributed by atoms with E-state index in [0.29, 0.717) is 25.5 Å². The van der Waals surface area contributed by atoms with Crippen LogP contribution < -0.4 is 5.32 Å². The smallest absolute Gasteiger partial charge is 0.328 e. The van der Waals surface area contributed by atoms with Crippen LogP contribution in [-0.2, 0) is 39.8 Å². The van der Waals surface area contributed by atoms with E-state index in [2.05, 4.69) is 33.8 Å². The van der Waals surface area contributed by atoms with Crippen molar-refractivity contribution in [2.75, 3.05) is 65.9 Å². The van der Waals surface area contributed by atoms with Gasteiger partial charge in [0.15, 0.2) is 0 Å². The average Bonchev–Trinajstić information content (AvgIpc) is 3.39. The number of aliphatic hydroxyl groups excluding tert-OH is 1. The van der Waals surface area contributed by atoms with Crippen LogP contribution in [0.5, 0.6) is 0 Å². The van der Waals surface area contributed by atoms with Gasteiger partial charge in [-0.15, -0.1) is 0 Å². The second-order valence-electron chi connectivity index (χ2n) is 11.8. The van der Waals surface area contributed by atoms with Crippen molar-refractivity contribution in [2.45, 2.75) is 57.5 Å². The van der Waals surface area contributed by atoms with Gasteiger partial charge in [-0.3, -0.25) is 14.5 Å². The van der Waals surface area contributed by atoms with Crippen molar-refractivity contribution >= 4 is 34.4 Å². The fraction of sp³-hybridized carbons (Fsp3) is 0.606. The van der Waals surface area contributed by atoms with Crippen LogP contribution in [0.3, 0.4) is 0 Å². The van der Waals surface area contributed by atoms with E-state index in [4.69, 9.17) is 24.1 Å². The molecule has 3 aliphatic heterocycles. The van der Waals surface area contributed by atoms with Gasteiger partial charge >= 0.3 is 11.9 Å². The largest absolute Gasteiger partial charge is 0.481 e. The number of carbonyl (C=O) groups is 3. The molecule has 3 atom stereocenters. The Morgan fingerprint density at radius 2 is 1.73 bits per heavy atom. The van der Waals surface area contributed by atoms with Crippen molar-refractivity contribution in [1.82, 2.24) is 14.8 Å². The summed E-state index contributed by atoms with van der Waals surface area (Å²) in [5.74, 6) is -2.19. The zero-order valence-electron chi connectivity index (χ0n) is 26.0. The highest BCUT2D eigenvalue weighted by Crippen LogP contribution is 2.57. The molecule has 1 fully saturated rings. The van der Waals surface area contributed by atoms with Crippen molar-refractivity contribution in [3.05, 3.63) is 41.6 Å². The summed E-state index contributed by atoms with van der Waals surface area (Å²) in [6.07, 6.45) is 5.52. The number of esters is 1. The summed E-state index contributed by atoms with van der Waals surface area (Å²) < 4.78 is 23.4. The Labute approximate surface area is 263 Å². The molecule has 5 rings (SSSR count). The molecule has 0 radical (unpaired) electrons. The van der Waals surface area contributed by atoms with Gasteiger partial charge in [-0.05, 0) is 56.4 Å². The molecule has 4 heterocycles. The maximum atomic E-state index is 14.1. The third-order valence-corrected chi connectivity index (χ3v) is 9.17. The number of hydrogen-bond acceptors (Lipinski definition) is 9. The minimum atomic E-state index is -1.13. The van der Waals surface area contributed by atoms with Gasteiger partial charge in [-0.25, -0.2) is 4.79 Å². The van der Waals surface area contributed by atoms with Crippen LogP contribution in [0, 0.1) is 5.41 Å². The first-order valence-corrected chi connectivity index (χ1v) is 16.0. The number of amides is 1. The van der Waals surface area contributed by atoms with Crippen molar-refractivity contribution in [2.24, 2.45) is 5.41 Å². The molecule has 3 N–H and O–H groups in total. The van der Waals surface area contributed by atoms with Crippen LogP contribution in [0.25, 0.3) is 16.6 Å². The van der Waals surface area contributed by atoms with Gasteiger partial charge in [0.25, 0.3) is 5.91 Å². The lowest BCUT2D eigenvalue weighted by Gasteiger charge is -2.53.